The van der Waals surface area contributed by atoms with Crippen LogP contribution in [0.4, 0.5) is 11.4 Å². The standard InChI is InChI=1S/C28H28N2O4S2/c1-21-9-7-13-25(19-21)29-35(31,32)27-15-5-3-11-23(27)17-18-24-12-4-6-16-28(24)36(33,34)30-26-14-8-10-22(2)20-26/h3-16,19-20,29-30H,17-18H2,1-2H3. The van der Waals surface area contributed by atoms with E-state index < -0.39 is 20.0 Å². The van der Waals surface area contributed by atoms with E-state index in [1.165, 1.54) is 0 Å². The molecule has 186 valence electrons. The van der Waals surface area contributed by atoms with Crippen LogP contribution in [0, 0.1) is 13.8 Å². The molecule has 4 aromatic carbocycles. The van der Waals surface area contributed by atoms with Gasteiger partial charge in [0.15, 0.2) is 0 Å². The first kappa shape index (κ1) is 25.5. The molecule has 0 amide bonds. The highest BCUT2D eigenvalue weighted by Gasteiger charge is 2.21. The molecule has 0 aliphatic carbocycles. The molecule has 4 rings (SSSR count). The van der Waals surface area contributed by atoms with E-state index in [1.807, 2.05) is 26.0 Å². The first-order valence-electron chi connectivity index (χ1n) is 11.5. The molecule has 6 nitrogen and oxygen atoms in total. The number of benzene rings is 4. The molecule has 36 heavy (non-hydrogen) atoms. The van der Waals surface area contributed by atoms with Gasteiger partial charge in [0.05, 0.1) is 9.79 Å². The Hall–Kier alpha value is -3.62. The van der Waals surface area contributed by atoms with Gasteiger partial charge in [-0.25, -0.2) is 16.8 Å². The summed E-state index contributed by atoms with van der Waals surface area (Å²) in [4.78, 5) is 0.342. The van der Waals surface area contributed by atoms with E-state index in [1.54, 1.807) is 84.9 Å². The molecule has 0 spiro atoms. The molecule has 0 saturated heterocycles. The van der Waals surface area contributed by atoms with E-state index in [9.17, 15) is 16.8 Å². The number of rotatable bonds is 9. The van der Waals surface area contributed by atoms with Gasteiger partial charge in [-0.1, -0.05) is 60.7 Å². The summed E-state index contributed by atoms with van der Waals surface area (Å²) in [5.41, 5.74) is 4.08. The lowest BCUT2D eigenvalue weighted by molar-refractivity contribution is 0.597. The van der Waals surface area contributed by atoms with Crippen LogP contribution in [0.15, 0.2) is 107 Å². The van der Waals surface area contributed by atoms with E-state index in [0.717, 1.165) is 11.1 Å². The van der Waals surface area contributed by atoms with Crippen LogP contribution in [0.5, 0.6) is 0 Å². The first-order chi connectivity index (χ1) is 17.1. The third-order valence-electron chi connectivity index (χ3n) is 5.73. The molecule has 4 aromatic rings. The van der Waals surface area contributed by atoms with Crippen LogP contribution < -0.4 is 9.44 Å². The Balaban J connectivity index is 1.58. The largest absolute Gasteiger partial charge is 0.280 e. The summed E-state index contributed by atoms with van der Waals surface area (Å²) in [7, 11) is -7.66. The van der Waals surface area contributed by atoms with Crippen LogP contribution >= 0.6 is 0 Å². The molecule has 0 fully saturated rings. The number of sulfonamides is 2. The van der Waals surface area contributed by atoms with Crippen molar-refractivity contribution in [3.63, 3.8) is 0 Å². The van der Waals surface area contributed by atoms with Crippen molar-refractivity contribution < 1.29 is 16.8 Å². The minimum Gasteiger partial charge on any atom is -0.280 e. The maximum atomic E-state index is 13.2. The summed E-state index contributed by atoms with van der Waals surface area (Å²) >= 11 is 0. The maximum Gasteiger partial charge on any atom is 0.262 e. The summed E-state index contributed by atoms with van der Waals surface area (Å²) in [6, 6.07) is 27.9. The Kier molecular flexibility index (Phi) is 7.47. The van der Waals surface area contributed by atoms with Gasteiger partial charge in [0.1, 0.15) is 0 Å². The van der Waals surface area contributed by atoms with Crippen molar-refractivity contribution in [3.8, 4) is 0 Å². The Bertz CT molecular complexity index is 1480. The zero-order chi connectivity index (χ0) is 25.8. The third-order valence-corrected chi connectivity index (χ3v) is 8.69. The number of hydrogen-bond acceptors (Lipinski definition) is 4. The summed E-state index contributed by atoms with van der Waals surface area (Å²) in [5.74, 6) is 0. The van der Waals surface area contributed by atoms with E-state index >= 15 is 0 Å². The normalized spacial score (nSPS) is 11.7. The highest BCUT2D eigenvalue weighted by atomic mass is 32.2. The molecule has 0 unspecified atom stereocenters. The van der Waals surface area contributed by atoms with Gasteiger partial charge in [0.2, 0.25) is 0 Å². The maximum absolute atomic E-state index is 13.2. The molecule has 0 aromatic heterocycles. The van der Waals surface area contributed by atoms with Gasteiger partial charge >= 0.3 is 0 Å². The highest BCUT2D eigenvalue weighted by molar-refractivity contribution is 7.93. The van der Waals surface area contributed by atoms with Crippen molar-refractivity contribution in [2.45, 2.75) is 36.5 Å². The Morgan fingerprint density at radius 3 is 1.31 bits per heavy atom. The molecule has 0 heterocycles. The van der Waals surface area contributed by atoms with E-state index in [-0.39, 0.29) is 9.79 Å². The molecule has 0 aliphatic rings. The summed E-state index contributed by atoms with van der Waals surface area (Å²) in [5, 5.41) is 0. The minimum atomic E-state index is -3.83. The fourth-order valence-corrected chi connectivity index (χ4v) is 6.69. The molecule has 0 bridgehead atoms. The fourth-order valence-electron chi connectivity index (χ4n) is 4.05. The highest BCUT2D eigenvalue weighted by Crippen LogP contribution is 2.25. The van der Waals surface area contributed by atoms with Crippen LogP contribution in [0.2, 0.25) is 0 Å². The Labute approximate surface area is 213 Å². The van der Waals surface area contributed by atoms with Gasteiger partial charge in [-0.15, -0.1) is 0 Å². The minimum absolute atomic E-state index is 0.171. The average Bonchev–Trinajstić information content (AvgIpc) is 2.82. The number of hydrogen-bond donors (Lipinski definition) is 2. The van der Waals surface area contributed by atoms with Crippen LogP contribution in [0.3, 0.4) is 0 Å². The van der Waals surface area contributed by atoms with Crippen molar-refractivity contribution >= 4 is 31.4 Å². The second-order valence-corrected chi connectivity index (χ2v) is 12.0. The van der Waals surface area contributed by atoms with E-state index in [4.69, 9.17) is 0 Å². The summed E-state index contributed by atoms with van der Waals surface area (Å²) in [6.45, 7) is 3.79. The lowest BCUT2D eigenvalue weighted by Crippen LogP contribution is -2.17. The van der Waals surface area contributed by atoms with Gasteiger partial charge in [-0.2, -0.15) is 0 Å². The topological polar surface area (TPSA) is 92.3 Å². The molecule has 0 atom stereocenters. The Morgan fingerprint density at radius 1 is 0.528 bits per heavy atom. The van der Waals surface area contributed by atoms with Crippen LogP contribution in [-0.2, 0) is 32.9 Å². The molecule has 8 heteroatoms. The van der Waals surface area contributed by atoms with Crippen LogP contribution in [0.1, 0.15) is 22.3 Å². The average molecular weight is 521 g/mol. The van der Waals surface area contributed by atoms with E-state index in [2.05, 4.69) is 9.44 Å². The molecule has 0 saturated carbocycles. The summed E-state index contributed by atoms with van der Waals surface area (Å²) in [6.07, 6.45) is 0.698. The quantitative estimate of drug-likeness (QED) is 0.297. The van der Waals surface area contributed by atoms with Gasteiger partial charge in [-0.05, 0) is 85.3 Å². The van der Waals surface area contributed by atoms with Crippen molar-refractivity contribution in [1.29, 1.82) is 0 Å². The number of aryl methyl sites for hydroxylation is 4. The molecule has 0 radical (unpaired) electrons. The molecule has 2 N–H and O–H groups in total. The molecular weight excluding hydrogens is 492 g/mol. The van der Waals surface area contributed by atoms with Crippen molar-refractivity contribution in [2.75, 3.05) is 9.44 Å². The van der Waals surface area contributed by atoms with Crippen LogP contribution in [-0.4, -0.2) is 16.8 Å². The van der Waals surface area contributed by atoms with E-state index in [0.29, 0.717) is 35.3 Å². The van der Waals surface area contributed by atoms with Crippen LogP contribution in [0.25, 0.3) is 0 Å². The fraction of sp³-hybridized carbons (Fsp3) is 0.143. The SMILES string of the molecule is Cc1cccc(NS(=O)(=O)c2ccccc2CCc2ccccc2S(=O)(=O)Nc2cccc(C)c2)c1. The van der Waals surface area contributed by atoms with Gasteiger partial charge in [0.25, 0.3) is 20.0 Å². The monoisotopic (exact) mass is 520 g/mol. The zero-order valence-electron chi connectivity index (χ0n) is 20.1. The zero-order valence-corrected chi connectivity index (χ0v) is 21.7. The summed E-state index contributed by atoms with van der Waals surface area (Å²) < 4.78 is 58.0. The second-order valence-electron chi connectivity index (χ2n) is 8.67. The lowest BCUT2D eigenvalue weighted by Gasteiger charge is -2.15. The van der Waals surface area contributed by atoms with Gasteiger partial charge in [-0.3, -0.25) is 9.44 Å². The molecule has 0 aliphatic heterocycles. The Morgan fingerprint density at radius 2 is 0.917 bits per heavy atom. The van der Waals surface area contributed by atoms with Crippen molar-refractivity contribution in [2.24, 2.45) is 0 Å². The van der Waals surface area contributed by atoms with Gasteiger partial charge < -0.3 is 0 Å². The first-order valence-corrected chi connectivity index (χ1v) is 14.5. The molecular formula is C28H28N2O4S2. The number of anilines is 2. The predicted molar refractivity (Wildman–Crippen MR) is 144 cm³/mol. The smallest absolute Gasteiger partial charge is 0.262 e. The van der Waals surface area contributed by atoms with Gasteiger partial charge in [0, 0.05) is 11.4 Å². The predicted octanol–water partition coefficient (Wildman–Crippen LogP) is 5.69. The third kappa shape index (κ3) is 6.13. The number of nitrogens with one attached hydrogen (secondary N) is 2. The lowest BCUT2D eigenvalue weighted by atomic mass is 10.0. The second kappa shape index (κ2) is 10.6. The van der Waals surface area contributed by atoms with Crippen molar-refractivity contribution in [3.05, 3.63) is 119 Å². The van der Waals surface area contributed by atoms with Crippen molar-refractivity contribution in [1.82, 2.24) is 0 Å².